The maximum absolute atomic E-state index is 12.7. The molecule has 2 aliphatic rings. The third kappa shape index (κ3) is 4.45. The molecule has 0 spiro atoms. The number of carbonyl (C=O) groups is 1. The van der Waals surface area contributed by atoms with Crippen LogP contribution < -0.4 is 0 Å². The van der Waals surface area contributed by atoms with Gasteiger partial charge in [-0.3, -0.25) is 4.79 Å². The lowest BCUT2D eigenvalue weighted by Gasteiger charge is -2.20. The molecule has 2 fully saturated rings. The molecule has 2 saturated heterocycles. The van der Waals surface area contributed by atoms with Gasteiger partial charge in [0.05, 0.1) is 10.4 Å². The van der Waals surface area contributed by atoms with Crippen LogP contribution in [0, 0.1) is 0 Å². The molecule has 2 aromatic rings. The summed E-state index contributed by atoms with van der Waals surface area (Å²) in [6.07, 6.45) is 7.64. The van der Waals surface area contributed by atoms with E-state index in [2.05, 4.69) is 10.3 Å². The molecule has 1 amide bonds. The lowest BCUT2D eigenvalue weighted by atomic mass is 10.2. The van der Waals surface area contributed by atoms with Gasteiger partial charge in [0.1, 0.15) is 5.52 Å². The quantitative estimate of drug-likeness (QED) is 0.717. The SMILES string of the molecule is O=C(CCCn1nnc2cc(S(=O)(=O)N3CCCC3)ccc21)N1CCCCCC1. The first-order valence-corrected chi connectivity index (χ1v) is 12.1. The first kappa shape index (κ1) is 20.3. The maximum atomic E-state index is 12.7. The molecule has 0 unspecified atom stereocenters. The van der Waals surface area contributed by atoms with Crippen LogP contribution >= 0.6 is 0 Å². The Bertz CT molecular complexity index is 958. The Labute approximate surface area is 171 Å². The largest absolute Gasteiger partial charge is 0.343 e. The highest BCUT2D eigenvalue weighted by atomic mass is 32.2. The molecule has 0 atom stereocenters. The second-order valence-electron chi connectivity index (χ2n) is 7.97. The average Bonchev–Trinajstić information content (AvgIpc) is 3.32. The van der Waals surface area contributed by atoms with Gasteiger partial charge < -0.3 is 4.90 Å². The standard InChI is InChI=1S/C20H29N5O3S/c26-20(23-11-3-1-2-4-12-23)8-7-15-25-19-10-9-17(16-18(19)21-22-25)29(27,28)24-13-5-6-14-24/h9-10,16H,1-8,11-15H2. The van der Waals surface area contributed by atoms with E-state index in [4.69, 9.17) is 0 Å². The van der Waals surface area contributed by atoms with Gasteiger partial charge in [-0.2, -0.15) is 4.31 Å². The van der Waals surface area contributed by atoms with Crippen LogP contribution in [0.5, 0.6) is 0 Å². The first-order valence-electron chi connectivity index (χ1n) is 10.7. The van der Waals surface area contributed by atoms with Crippen molar-refractivity contribution in [1.29, 1.82) is 0 Å². The van der Waals surface area contributed by atoms with Gasteiger partial charge in [-0.25, -0.2) is 13.1 Å². The molecular formula is C20H29N5O3S. The minimum atomic E-state index is -3.46. The van der Waals surface area contributed by atoms with Crippen LogP contribution in [0.1, 0.15) is 51.4 Å². The number of rotatable bonds is 6. The highest BCUT2D eigenvalue weighted by Gasteiger charge is 2.27. The number of fused-ring (bicyclic) bond motifs is 1. The van der Waals surface area contributed by atoms with Crippen molar-refractivity contribution in [2.24, 2.45) is 0 Å². The van der Waals surface area contributed by atoms with E-state index < -0.39 is 10.0 Å². The number of sulfonamides is 1. The second kappa shape index (κ2) is 8.79. The van der Waals surface area contributed by atoms with Crippen molar-refractivity contribution in [2.45, 2.75) is 62.8 Å². The number of hydrogen-bond donors (Lipinski definition) is 0. The van der Waals surface area contributed by atoms with Crippen LogP contribution in [0.25, 0.3) is 11.0 Å². The summed E-state index contributed by atoms with van der Waals surface area (Å²) in [5, 5.41) is 8.33. The van der Waals surface area contributed by atoms with E-state index in [0.717, 1.165) is 44.3 Å². The smallest absolute Gasteiger partial charge is 0.243 e. The number of aryl methyl sites for hydroxylation is 1. The lowest BCUT2D eigenvalue weighted by Crippen LogP contribution is -2.31. The van der Waals surface area contributed by atoms with E-state index >= 15 is 0 Å². The summed E-state index contributed by atoms with van der Waals surface area (Å²) in [7, 11) is -3.46. The minimum Gasteiger partial charge on any atom is -0.343 e. The van der Waals surface area contributed by atoms with Gasteiger partial charge in [0.25, 0.3) is 0 Å². The van der Waals surface area contributed by atoms with Crippen molar-refractivity contribution in [3.05, 3.63) is 18.2 Å². The van der Waals surface area contributed by atoms with Crippen LogP contribution in [0.2, 0.25) is 0 Å². The highest BCUT2D eigenvalue weighted by molar-refractivity contribution is 7.89. The molecule has 0 bridgehead atoms. The number of likely N-dealkylation sites (tertiary alicyclic amines) is 1. The van der Waals surface area contributed by atoms with Gasteiger partial charge in [-0.05, 0) is 50.3 Å². The Morgan fingerprint density at radius 2 is 1.66 bits per heavy atom. The summed E-state index contributed by atoms with van der Waals surface area (Å²) in [4.78, 5) is 14.7. The fourth-order valence-corrected chi connectivity index (χ4v) is 5.75. The first-order chi connectivity index (χ1) is 14.1. The highest BCUT2D eigenvalue weighted by Crippen LogP contribution is 2.24. The van der Waals surface area contributed by atoms with Crippen molar-refractivity contribution in [3.8, 4) is 0 Å². The fraction of sp³-hybridized carbons (Fsp3) is 0.650. The maximum Gasteiger partial charge on any atom is 0.243 e. The van der Waals surface area contributed by atoms with Crippen molar-refractivity contribution in [1.82, 2.24) is 24.2 Å². The van der Waals surface area contributed by atoms with Gasteiger partial charge in [-0.1, -0.05) is 18.1 Å². The van der Waals surface area contributed by atoms with Crippen LogP contribution in [0.3, 0.4) is 0 Å². The average molecular weight is 420 g/mol. The van der Waals surface area contributed by atoms with E-state index in [1.54, 1.807) is 22.9 Å². The summed E-state index contributed by atoms with van der Waals surface area (Å²) in [6, 6.07) is 5.02. The van der Waals surface area contributed by atoms with Gasteiger partial charge >= 0.3 is 0 Å². The Morgan fingerprint density at radius 3 is 2.38 bits per heavy atom. The number of amides is 1. The molecule has 0 N–H and O–H groups in total. The fourth-order valence-electron chi connectivity index (χ4n) is 4.21. The molecule has 9 heteroatoms. The third-order valence-corrected chi connectivity index (χ3v) is 7.80. The Morgan fingerprint density at radius 1 is 0.966 bits per heavy atom. The predicted octanol–water partition coefficient (Wildman–Crippen LogP) is 2.40. The van der Waals surface area contributed by atoms with E-state index in [1.165, 1.54) is 17.1 Å². The lowest BCUT2D eigenvalue weighted by molar-refractivity contribution is -0.131. The molecule has 1 aromatic carbocycles. The Kier molecular flexibility index (Phi) is 6.15. The van der Waals surface area contributed by atoms with Crippen molar-refractivity contribution in [3.63, 3.8) is 0 Å². The zero-order chi connectivity index (χ0) is 20.3. The molecule has 0 radical (unpaired) electrons. The molecule has 3 heterocycles. The van der Waals surface area contributed by atoms with Crippen LogP contribution in [0.15, 0.2) is 23.1 Å². The normalized spacial score (nSPS) is 19.0. The zero-order valence-corrected chi connectivity index (χ0v) is 17.6. The topological polar surface area (TPSA) is 88.4 Å². The number of carbonyl (C=O) groups excluding carboxylic acids is 1. The second-order valence-corrected chi connectivity index (χ2v) is 9.91. The Balaban J connectivity index is 1.39. The van der Waals surface area contributed by atoms with Crippen molar-refractivity contribution >= 4 is 27.0 Å². The van der Waals surface area contributed by atoms with E-state index in [0.29, 0.717) is 38.0 Å². The molecule has 8 nitrogen and oxygen atoms in total. The summed E-state index contributed by atoms with van der Waals surface area (Å²) in [5.41, 5.74) is 1.37. The van der Waals surface area contributed by atoms with E-state index in [1.807, 2.05) is 4.90 Å². The number of aromatic nitrogens is 3. The molecule has 158 valence electrons. The molecule has 1 aromatic heterocycles. The number of hydrogen-bond acceptors (Lipinski definition) is 5. The summed E-state index contributed by atoms with van der Waals surface area (Å²) < 4.78 is 28.8. The van der Waals surface area contributed by atoms with Crippen molar-refractivity contribution < 1.29 is 13.2 Å². The number of benzene rings is 1. The van der Waals surface area contributed by atoms with Crippen LogP contribution in [-0.2, 0) is 21.4 Å². The van der Waals surface area contributed by atoms with Gasteiger partial charge in [-0.15, -0.1) is 5.10 Å². The molecular weight excluding hydrogens is 390 g/mol. The molecule has 29 heavy (non-hydrogen) atoms. The zero-order valence-electron chi connectivity index (χ0n) is 16.8. The number of nitrogens with zero attached hydrogens (tertiary/aromatic N) is 5. The van der Waals surface area contributed by atoms with Gasteiger partial charge in [0, 0.05) is 39.1 Å². The molecule has 4 rings (SSSR count). The summed E-state index contributed by atoms with van der Waals surface area (Å²) in [5.74, 6) is 0.218. The van der Waals surface area contributed by atoms with Crippen molar-refractivity contribution in [2.75, 3.05) is 26.2 Å². The molecule has 2 aliphatic heterocycles. The van der Waals surface area contributed by atoms with Crippen LogP contribution in [0.4, 0.5) is 0 Å². The van der Waals surface area contributed by atoms with E-state index in [9.17, 15) is 13.2 Å². The summed E-state index contributed by atoms with van der Waals surface area (Å²) >= 11 is 0. The monoisotopic (exact) mass is 419 g/mol. The summed E-state index contributed by atoms with van der Waals surface area (Å²) in [6.45, 7) is 3.50. The minimum absolute atomic E-state index is 0.218. The van der Waals surface area contributed by atoms with Gasteiger partial charge in [0.2, 0.25) is 15.9 Å². The third-order valence-electron chi connectivity index (χ3n) is 5.91. The van der Waals surface area contributed by atoms with E-state index in [-0.39, 0.29) is 10.8 Å². The van der Waals surface area contributed by atoms with Crippen LogP contribution in [-0.4, -0.2) is 64.7 Å². The molecule has 0 saturated carbocycles. The Hall–Kier alpha value is -2.00. The predicted molar refractivity (Wildman–Crippen MR) is 110 cm³/mol. The molecule has 0 aliphatic carbocycles. The van der Waals surface area contributed by atoms with Gasteiger partial charge in [0.15, 0.2) is 0 Å².